The van der Waals surface area contributed by atoms with E-state index in [2.05, 4.69) is 53.5 Å². The molecule has 1 nitrogen and oxygen atoms in total. The Kier molecular flexibility index (Phi) is 2.43. The van der Waals surface area contributed by atoms with Gasteiger partial charge in [0.2, 0.25) is 0 Å². The van der Waals surface area contributed by atoms with Crippen molar-refractivity contribution >= 4 is 22.7 Å². The summed E-state index contributed by atoms with van der Waals surface area (Å²) in [5, 5.41) is 1.26. The number of aromatic amines is 1. The van der Waals surface area contributed by atoms with E-state index in [4.69, 9.17) is 0 Å². The SMILES string of the molecule is c1ccc(Sc2ccc3[nH]ccc3c2)cc1. The lowest BCUT2D eigenvalue weighted by Gasteiger charge is -2.01. The fraction of sp³-hybridized carbons (Fsp3) is 0. The molecule has 0 radical (unpaired) electrons. The molecule has 3 aromatic rings. The van der Waals surface area contributed by atoms with Gasteiger partial charge < -0.3 is 4.98 Å². The van der Waals surface area contributed by atoms with Crippen LogP contribution < -0.4 is 0 Å². The normalized spacial score (nSPS) is 10.8. The average molecular weight is 225 g/mol. The molecule has 2 heteroatoms. The van der Waals surface area contributed by atoms with Gasteiger partial charge in [-0.25, -0.2) is 0 Å². The highest BCUT2D eigenvalue weighted by Crippen LogP contribution is 2.29. The second-order valence-corrected chi connectivity index (χ2v) is 4.79. The number of hydrogen-bond donors (Lipinski definition) is 1. The molecule has 0 aliphatic rings. The maximum absolute atomic E-state index is 3.20. The lowest BCUT2D eigenvalue weighted by atomic mass is 10.2. The van der Waals surface area contributed by atoms with Crippen molar-refractivity contribution in [1.82, 2.24) is 4.98 Å². The first kappa shape index (κ1) is 9.55. The van der Waals surface area contributed by atoms with E-state index in [1.165, 1.54) is 20.7 Å². The molecule has 0 spiro atoms. The Morgan fingerprint density at radius 1 is 0.812 bits per heavy atom. The summed E-state index contributed by atoms with van der Waals surface area (Å²) in [7, 11) is 0. The van der Waals surface area contributed by atoms with Crippen LogP contribution in [0.5, 0.6) is 0 Å². The molecule has 0 saturated heterocycles. The van der Waals surface area contributed by atoms with Gasteiger partial charge in [-0.1, -0.05) is 30.0 Å². The van der Waals surface area contributed by atoms with Crippen LogP contribution in [0.1, 0.15) is 0 Å². The van der Waals surface area contributed by atoms with E-state index in [1.54, 1.807) is 11.8 Å². The molecule has 3 rings (SSSR count). The standard InChI is InChI=1S/C14H11NS/c1-2-4-12(5-3-1)16-13-6-7-14-11(10-13)8-9-15-14/h1-10,15H. The second kappa shape index (κ2) is 4.06. The van der Waals surface area contributed by atoms with Gasteiger partial charge in [0.15, 0.2) is 0 Å². The van der Waals surface area contributed by atoms with E-state index in [9.17, 15) is 0 Å². The third-order valence-electron chi connectivity index (χ3n) is 2.50. The van der Waals surface area contributed by atoms with Gasteiger partial charge in [-0.15, -0.1) is 0 Å². The van der Waals surface area contributed by atoms with Crippen molar-refractivity contribution in [3.05, 3.63) is 60.8 Å². The fourth-order valence-electron chi connectivity index (χ4n) is 1.72. The van der Waals surface area contributed by atoms with E-state index in [-0.39, 0.29) is 0 Å². The first-order valence-corrected chi connectivity index (χ1v) is 6.03. The molecule has 0 aliphatic carbocycles. The smallest absolute Gasteiger partial charge is 0.0454 e. The summed E-state index contributed by atoms with van der Waals surface area (Å²) in [5.41, 5.74) is 1.19. The lowest BCUT2D eigenvalue weighted by molar-refractivity contribution is 1.41. The third kappa shape index (κ3) is 1.84. The van der Waals surface area contributed by atoms with Crippen LogP contribution >= 0.6 is 11.8 Å². The Bertz CT molecular complexity index is 598. The van der Waals surface area contributed by atoms with E-state index in [0.29, 0.717) is 0 Å². The summed E-state index contributed by atoms with van der Waals surface area (Å²) in [4.78, 5) is 5.75. The van der Waals surface area contributed by atoms with Crippen molar-refractivity contribution in [1.29, 1.82) is 0 Å². The van der Waals surface area contributed by atoms with Crippen molar-refractivity contribution in [2.45, 2.75) is 9.79 Å². The number of hydrogen-bond acceptors (Lipinski definition) is 1. The minimum atomic E-state index is 1.19. The van der Waals surface area contributed by atoms with Crippen LogP contribution in [0.15, 0.2) is 70.6 Å². The third-order valence-corrected chi connectivity index (χ3v) is 3.50. The van der Waals surface area contributed by atoms with Gasteiger partial charge in [-0.3, -0.25) is 0 Å². The zero-order valence-electron chi connectivity index (χ0n) is 8.68. The maximum atomic E-state index is 3.20. The van der Waals surface area contributed by atoms with Crippen LogP contribution in [0.25, 0.3) is 10.9 Å². The van der Waals surface area contributed by atoms with Crippen molar-refractivity contribution in [3.8, 4) is 0 Å². The van der Waals surface area contributed by atoms with Gasteiger partial charge in [0.05, 0.1) is 0 Å². The van der Waals surface area contributed by atoms with Crippen LogP contribution in [-0.4, -0.2) is 4.98 Å². The molecule has 16 heavy (non-hydrogen) atoms. The summed E-state index contributed by atoms with van der Waals surface area (Å²) < 4.78 is 0. The van der Waals surface area contributed by atoms with E-state index < -0.39 is 0 Å². The number of aromatic nitrogens is 1. The highest BCUT2D eigenvalue weighted by Gasteiger charge is 1.99. The summed E-state index contributed by atoms with van der Waals surface area (Å²) in [6.45, 7) is 0. The fourth-order valence-corrected chi connectivity index (χ4v) is 2.61. The first-order valence-electron chi connectivity index (χ1n) is 5.22. The van der Waals surface area contributed by atoms with Gasteiger partial charge in [-0.05, 0) is 36.4 Å². The molecule has 1 N–H and O–H groups in total. The summed E-state index contributed by atoms with van der Waals surface area (Å²) in [6.07, 6.45) is 1.97. The number of nitrogens with one attached hydrogen (secondary N) is 1. The van der Waals surface area contributed by atoms with Crippen LogP contribution in [-0.2, 0) is 0 Å². The topological polar surface area (TPSA) is 15.8 Å². The zero-order chi connectivity index (χ0) is 10.8. The number of fused-ring (bicyclic) bond motifs is 1. The molecule has 0 bridgehead atoms. The van der Waals surface area contributed by atoms with E-state index >= 15 is 0 Å². The molecule has 78 valence electrons. The van der Waals surface area contributed by atoms with Crippen molar-refractivity contribution in [3.63, 3.8) is 0 Å². The highest BCUT2D eigenvalue weighted by molar-refractivity contribution is 7.99. The van der Waals surface area contributed by atoms with Crippen molar-refractivity contribution in [2.75, 3.05) is 0 Å². The zero-order valence-corrected chi connectivity index (χ0v) is 9.50. The van der Waals surface area contributed by atoms with Gasteiger partial charge in [0, 0.05) is 26.9 Å². The van der Waals surface area contributed by atoms with Crippen molar-refractivity contribution < 1.29 is 0 Å². The predicted molar refractivity (Wildman–Crippen MR) is 68.9 cm³/mol. The van der Waals surface area contributed by atoms with Gasteiger partial charge in [0.1, 0.15) is 0 Å². The van der Waals surface area contributed by atoms with Crippen LogP contribution in [0, 0.1) is 0 Å². The minimum Gasteiger partial charge on any atom is -0.361 e. The van der Waals surface area contributed by atoms with Crippen LogP contribution in [0.2, 0.25) is 0 Å². The van der Waals surface area contributed by atoms with Gasteiger partial charge in [0.25, 0.3) is 0 Å². The molecule has 0 unspecified atom stereocenters. The maximum Gasteiger partial charge on any atom is 0.0454 e. The molecule has 1 heterocycles. The second-order valence-electron chi connectivity index (χ2n) is 3.64. The van der Waals surface area contributed by atoms with Gasteiger partial charge in [-0.2, -0.15) is 0 Å². The molecular weight excluding hydrogens is 214 g/mol. The quantitative estimate of drug-likeness (QED) is 0.686. The first-order chi connectivity index (χ1) is 7.92. The van der Waals surface area contributed by atoms with Crippen LogP contribution in [0.4, 0.5) is 0 Å². The Hall–Kier alpha value is -1.67. The Labute approximate surface area is 98.5 Å². The molecule has 0 aliphatic heterocycles. The van der Waals surface area contributed by atoms with Crippen molar-refractivity contribution in [2.24, 2.45) is 0 Å². The summed E-state index contributed by atoms with van der Waals surface area (Å²) >= 11 is 1.79. The lowest BCUT2D eigenvalue weighted by Crippen LogP contribution is -1.73. The monoisotopic (exact) mass is 225 g/mol. The Balaban J connectivity index is 1.94. The largest absolute Gasteiger partial charge is 0.361 e. The summed E-state index contributed by atoms with van der Waals surface area (Å²) in [5.74, 6) is 0. The summed E-state index contributed by atoms with van der Waals surface area (Å²) in [6, 6.07) is 19.0. The van der Waals surface area contributed by atoms with Crippen LogP contribution in [0.3, 0.4) is 0 Å². The Morgan fingerprint density at radius 3 is 2.56 bits per heavy atom. The average Bonchev–Trinajstić information content (AvgIpc) is 2.77. The molecule has 0 saturated carbocycles. The molecule has 0 amide bonds. The number of H-pyrrole nitrogens is 1. The molecule has 0 fully saturated rings. The molecular formula is C14H11NS. The van der Waals surface area contributed by atoms with E-state index in [0.717, 1.165) is 0 Å². The number of benzene rings is 2. The molecule has 1 aromatic heterocycles. The molecule has 2 aromatic carbocycles. The number of rotatable bonds is 2. The predicted octanol–water partition coefficient (Wildman–Crippen LogP) is 4.32. The minimum absolute atomic E-state index is 1.19. The molecule has 0 atom stereocenters. The Morgan fingerprint density at radius 2 is 1.69 bits per heavy atom. The van der Waals surface area contributed by atoms with Gasteiger partial charge >= 0.3 is 0 Å². The highest BCUT2D eigenvalue weighted by atomic mass is 32.2. The van der Waals surface area contributed by atoms with E-state index in [1.807, 2.05) is 12.3 Å².